The number of piperidine rings is 1. The molecule has 0 spiro atoms. The first-order valence-corrected chi connectivity index (χ1v) is 10.9. The normalized spacial score (nSPS) is 22.3. The van der Waals surface area contributed by atoms with Gasteiger partial charge in [-0.1, -0.05) is 24.6 Å². The predicted octanol–water partition coefficient (Wildman–Crippen LogP) is 3.44. The topological polar surface area (TPSA) is 65.5 Å². The van der Waals surface area contributed by atoms with Gasteiger partial charge in [-0.2, -0.15) is 0 Å². The summed E-state index contributed by atoms with van der Waals surface area (Å²) >= 11 is 0. The first-order valence-electron chi connectivity index (χ1n) is 10.9. The van der Waals surface area contributed by atoms with Crippen LogP contribution < -0.4 is 5.32 Å². The van der Waals surface area contributed by atoms with Crippen molar-refractivity contribution in [2.45, 2.75) is 51.7 Å². The van der Waals surface area contributed by atoms with E-state index >= 15 is 0 Å². The molecule has 2 aromatic rings. The summed E-state index contributed by atoms with van der Waals surface area (Å²) in [4.78, 5) is 33.5. The molecule has 0 radical (unpaired) electrons. The monoisotopic (exact) mass is 406 g/mol. The molecule has 158 valence electrons. The van der Waals surface area contributed by atoms with Crippen molar-refractivity contribution < 1.29 is 9.59 Å². The van der Waals surface area contributed by atoms with E-state index in [1.165, 1.54) is 24.8 Å². The van der Waals surface area contributed by atoms with Crippen LogP contribution in [0.4, 0.5) is 5.69 Å². The van der Waals surface area contributed by atoms with Crippen molar-refractivity contribution in [3.63, 3.8) is 0 Å². The average molecular weight is 407 g/mol. The van der Waals surface area contributed by atoms with Crippen LogP contribution in [0, 0.1) is 5.92 Å². The van der Waals surface area contributed by atoms with Gasteiger partial charge in [0.1, 0.15) is 0 Å². The minimum Gasteiger partial charge on any atom is -0.336 e. The van der Waals surface area contributed by atoms with Crippen LogP contribution >= 0.6 is 0 Å². The van der Waals surface area contributed by atoms with E-state index in [-0.39, 0.29) is 24.2 Å². The summed E-state index contributed by atoms with van der Waals surface area (Å²) < 4.78 is 0. The number of nitrogens with zero attached hydrogens (tertiary/aromatic N) is 3. The largest absolute Gasteiger partial charge is 0.336 e. The van der Waals surface area contributed by atoms with Gasteiger partial charge >= 0.3 is 0 Å². The molecule has 0 bridgehead atoms. The zero-order valence-corrected chi connectivity index (χ0v) is 17.6. The zero-order chi connectivity index (χ0) is 20.9. The maximum absolute atomic E-state index is 12.7. The zero-order valence-electron chi connectivity index (χ0n) is 17.6. The van der Waals surface area contributed by atoms with Gasteiger partial charge in [0.05, 0.1) is 18.2 Å². The van der Waals surface area contributed by atoms with Crippen molar-refractivity contribution >= 4 is 17.5 Å². The third-order valence-corrected chi connectivity index (χ3v) is 6.21. The minimum absolute atomic E-state index is 0.00630. The van der Waals surface area contributed by atoms with Gasteiger partial charge in [0.15, 0.2) is 0 Å². The Morgan fingerprint density at radius 2 is 1.97 bits per heavy atom. The number of pyridine rings is 1. The molecule has 1 aromatic heterocycles. The molecule has 2 atom stereocenters. The summed E-state index contributed by atoms with van der Waals surface area (Å²) in [5.74, 6) is -0.411. The molecular weight excluding hydrogens is 376 g/mol. The maximum atomic E-state index is 12.7. The van der Waals surface area contributed by atoms with Gasteiger partial charge in [-0.15, -0.1) is 0 Å². The van der Waals surface area contributed by atoms with Crippen molar-refractivity contribution in [3.05, 3.63) is 59.9 Å². The van der Waals surface area contributed by atoms with Gasteiger partial charge in [-0.05, 0) is 56.1 Å². The lowest BCUT2D eigenvalue weighted by atomic mass is 10.0. The highest BCUT2D eigenvalue weighted by atomic mass is 16.2. The highest BCUT2D eigenvalue weighted by Crippen LogP contribution is 2.23. The number of nitrogens with one attached hydrogen (secondary N) is 1. The van der Waals surface area contributed by atoms with E-state index in [1.54, 1.807) is 11.1 Å². The molecule has 2 aliphatic rings. The standard InChI is InChI=1S/C24H30N4O2/c1-18-6-3-5-13-27(18)15-19-8-10-21(11-9-19)26-24(30)20-14-23(29)28(16-20)17-22-7-2-4-12-25-22/h2,4,7-12,18,20H,3,5-6,13-17H2,1H3,(H,26,30). The van der Waals surface area contributed by atoms with Gasteiger partial charge in [-0.3, -0.25) is 19.5 Å². The number of hydrogen-bond acceptors (Lipinski definition) is 4. The fourth-order valence-corrected chi connectivity index (χ4v) is 4.35. The number of rotatable bonds is 6. The molecule has 1 aromatic carbocycles. The van der Waals surface area contributed by atoms with Gasteiger partial charge < -0.3 is 10.2 Å². The Morgan fingerprint density at radius 1 is 1.13 bits per heavy atom. The quantitative estimate of drug-likeness (QED) is 0.798. The molecule has 0 saturated carbocycles. The number of carbonyl (C=O) groups excluding carboxylic acids is 2. The number of aromatic nitrogens is 1. The van der Waals surface area contributed by atoms with Gasteiger partial charge in [0.25, 0.3) is 0 Å². The van der Waals surface area contributed by atoms with Crippen LogP contribution in [0.2, 0.25) is 0 Å². The summed E-state index contributed by atoms with van der Waals surface area (Å²) in [6, 6.07) is 14.4. The fraction of sp³-hybridized carbons (Fsp3) is 0.458. The first-order chi connectivity index (χ1) is 14.6. The molecule has 1 N–H and O–H groups in total. The van der Waals surface area contributed by atoms with Crippen LogP contribution in [0.5, 0.6) is 0 Å². The summed E-state index contributed by atoms with van der Waals surface area (Å²) in [6.07, 6.45) is 5.84. The van der Waals surface area contributed by atoms with Crippen LogP contribution in [-0.2, 0) is 22.7 Å². The Bertz CT molecular complexity index is 869. The molecular formula is C24H30N4O2. The van der Waals surface area contributed by atoms with E-state index in [1.807, 2.05) is 30.3 Å². The molecule has 3 heterocycles. The Morgan fingerprint density at radius 3 is 2.70 bits per heavy atom. The van der Waals surface area contributed by atoms with Crippen LogP contribution in [-0.4, -0.2) is 45.7 Å². The maximum Gasteiger partial charge on any atom is 0.229 e. The van der Waals surface area contributed by atoms with Crippen molar-refractivity contribution in [2.75, 3.05) is 18.4 Å². The molecule has 2 unspecified atom stereocenters. The van der Waals surface area contributed by atoms with E-state index in [4.69, 9.17) is 0 Å². The second-order valence-corrected chi connectivity index (χ2v) is 8.50. The van der Waals surface area contributed by atoms with Crippen molar-refractivity contribution in [3.8, 4) is 0 Å². The summed E-state index contributed by atoms with van der Waals surface area (Å²) in [5.41, 5.74) is 2.89. The molecule has 2 saturated heterocycles. The van der Waals surface area contributed by atoms with Crippen LogP contribution in [0.1, 0.15) is 43.9 Å². The third kappa shape index (κ3) is 5.05. The summed E-state index contributed by atoms with van der Waals surface area (Å²) in [6.45, 7) is 5.30. The molecule has 4 rings (SSSR count). The van der Waals surface area contributed by atoms with E-state index in [0.717, 1.165) is 24.5 Å². The molecule has 6 nitrogen and oxygen atoms in total. The van der Waals surface area contributed by atoms with Gasteiger partial charge in [-0.25, -0.2) is 0 Å². The number of hydrogen-bond donors (Lipinski definition) is 1. The predicted molar refractivity (Wildman–Crippen MR) is 117 cm³/mol. The molecule has 6 heteroatoms. The van der Waals surface area contributed by atoms with E-state index in [9.17, 15) is 9.59 Å². The number of likely N-dealkylation sites (tertiary alicyclic amines) is 2. The Balaban J connectivity index is 1.30. The fourth-order valence-electron chi connectivity index (χ4n) is 4.35. The second-order valence-electron chi connectivity index (χ2n) is 8.50. The molecule has 2 aliphatic heterocycles. The van der Waals surface area contributed by atoms with E-state index < -0.39 is 0 Å². The highest BCUT2D eigenvalue weighted by molar-refractivity contribution is 5.97. The SMILES string of the molecule is CC1CCCCN1Cc1ccc(NC(=O)C2CC(=O)N(Cc3ccccn3)C2)cc1. The van der Waals surface area contributed by atoms with Crippen LogP contribution in [0.25, 0.3) is 0 Å². The smallest absolute Gasteiger partial charge is 0.229 e. The van der Waals surface area contributed by atoms with Gasteiger partial charge in [0, 0.05) is 37.4 Å². The highest BCUT2D eigenvalue weighted by Gasteiger charge is 2.34. The van der Waals surface area contributed by atoms with Gasteiger partial charge in [0.2, 0.25) is 11.8 Å². The van der Waals surface area contributed by atoms with E-state index in [2.05, 4.69) is 34.3 Å². The lowest BCUT2D eigenvalue weighted by molar-refractivity contribution is -0.128. The Labute approximate surface area is 178 Å². The number of amides is 2. The number of anilines is 1. The minimum atomic E-state index is -0.324. The molecule has 2 amide bonds. The van der Waals surface area contributed by atoms with Crippen molar-refractivity contribution in [2.24, 2.45) is 5.92 Å². The lowest BCUT2D eigenvalue weighted by Gasteiger charge is -2.33. The first kappa shape index (κ1) is 20.5. The Hall–Kier alpha value is -2.73. The van der Waals surface area contributed by atoms with Crippen molar-refractivity contribution in [1.29, 1.82) is 0 Å². The lowest BCUT2D eigenvalue weighted by Crippen LogP contribution is -2.36. The second kappa shape index (κ2) is 9.39. The van der Waals surface area contributed by atoms with Crippen molar-refractivity contribution in [1.82, 2.24) is 14.8 Å². The van der Waals surface area contributed by atoms with Crippen LogP contribution in [0.15, 0.2) is 48.7 Å². The average Bonchev–Trinajstić information content (AvgIpc) is 3.12. The van der Waals surface area contributed by atoms with E-state index in [0.29, 0.717) is 19.1 Å². The Kier molecular flexibility index (Phi) is 6.43. The number of carbonyl (C=O) groups is 2. The molecule has 0 aliphatic carbocycles. The molecule has 2 fully saturated rings. The third-order valence-electron chi connectivity index (χ3n) is 6.21. The number of benzene rings is 1. The molecule has 30 heavy (non-hydrogen) atoms. The summed E-state index contributed by atoms with van der Waals surface area (Å²) in [5, 5.41) is 2.98. The summed E-state index contributed by atoms with van der Waals surface area (Å²) in [7, 11) is 0. The van der Waals surface area contributed by atoms with Crippen LogP contribution in [0.3, 0.4) is 0 Å².